The Balaban J connectivity index is 1.76. The zero-order chi connectivity index (χ0) is 17.6. The Hall–Kier alpha value is -2.47. The lowest BCUT2D eigenvalue weighted by Crippen LogP contribution is -2.10. The number of nitrogens with zero attached hydrogens (tertiary/aromatic N) is 5. The number of hydrogen-bond donors (Lipinski definition) is 1. The Morgan fingerprint density at radius 1 is 1.08 bits per heavy atom. The monoisotopic (exact) mass is 339 g/mol. The SMILES string of the molecule is CC(C)n1nccc1-c1nc(CCCc2ccccc2)nn1CCO. The summed E-state index contributed by atoms with van der Waals surface area (Å²) in [5, 5.41) is 18.3. The maximum absolute atomic E-state index is 9.34. The van der Waals surface area contributed by atoms with E-state index in [1.165, 1.54) is 5.56 Å². The van der Waals surface area contributed by atoms with Crippen LogP contribution in [0.1, 0.15) is 37.7 Å². The van der Waals surface area contributed by atoms with Crippen molar-refractivity contribution in [2.45, 2.75) is 45.7 Å². The Bertz CT molecular complexity index is 791. The lowest BCUT2D eigenvalue weighted by Gasteiger charge is -2.10. The molecule has 132 valence electrons. The smallest absolute Gasteiger partial charge is 0.176 e. The van der Waals surface area contributed by atoms with Crippen molar-refractivity contribution in [2.24, 2.45) is 0 Å². The molecule has 0 spiro atoms. The highest BCUT2D eigenvalue weighted by atomic mass is 16.3. The number of aryl methyl sites for hydroxylation is 2. The number of benzene rings is 1. The predicted octanol–water partition coefficient (Wildman–Crippen LogP) is 2.89. The van der Waals surface area contributed by atoms with Crippen molar-refractivity contribution in [1.29, 1.82) is 0 Å². The van der Waals surface area contributed by atoms with Crippen LogP contribution in [0, 0.1) is 0 Å². The molecule has 1 N–H and O–H groups in total. The van der Waals surface area contributed by atoms with E-state index < -0.39 is 0 Å². The topological polar surface area (TPSA) is 68.8 Å². The van der Waals surface area contributed by atoms with Gasteiger partial charge < -0.3 is 5.11 Å². The molecule has 0 fully saturated rings. The van der Waals surface area contributed by atoms with Gasteiger partial charge in [0.25, 0.3) is 0 Å². The van der Waals surface area contributed by atoms with Gasteiger partial charge >= 0.3 is 0 Å². The highest BCUT2D eigenvalue weighted by Gasteiger charge is 2.17. The first-order valence-corrected chi connectivity index (χ1v) is 8.81. The fourth-order valence-electron chi connectivity index (χ4n) is 2.93. The van der Waals surface area contributed by atoms with Crippen LogP contribution in [-0.4, -0.2) is 36.3 Å². The molecule has 6 heteroatoms. The summed E-state index contributed by atoms with van der Waals surface area (Å²) in [7, 11) is 0. The fourth-order valence-corrected chi connectivity index (χ4v) is 2.93. The summed E-state index contributed by atoms with van der Waals surface area (Å²) in [6, 6.07) is 12.6. The third kappa shape index (κ3) is 4.14. The molecule has 0 saturated heterocycles. The van der Waals surface area contributed by atoms with Gasteiger partial charge in [0.15, 0.2) is 11.6 Å². The highest BCUT2D eigenvalue weighted by Crippen LogP contribution is 2.21. The van der Waals surface area contributed by atoms with Crippen LogP contribution in [0.5, 0.6) is 0 Å². The van der Waals surface area contributed by atoms with Crippen LogP contribution >= 0.6 is 0 Å². The summed E-state index contributed by atoms with van der Waals surface area (Å²) in [5.41, 5.74) is 2.26. The van der Waals surface area contributed by atoms with E-state index in [4.69, 9.17) is 4.98 Å². The van der Waals surface area contributed by atoms with Crippen LogP contribution in [-0.2, 0) is 19.4 Å². The number of aliphatic hydroxyl groups is 1. The van der Waals surface area contributed by atoms with Crippen LogP contribution in [0.15, 0.2) is 42.6 Å². The van der Waals surface area contributed by atoms with Gasteiger partial charge in [0.1, 0.15) is 5.69 Å². The number of hydrogen-bond acceptors (Lipinski definition) is 4. The van der Waals surface area contributed by atoms with E-state index in [0.717, 1.165) is 36.6 Å². The quantitative estimate of drug-likeness (QED) is 0.685. The standard InChI is InChI=1S/C19H25N5O/c1-15(2)24-17(11-12-20-24)19-21-18(22-23(19)13-14-25)10-6-9-16-7-4-3-5-8-16/h3-5,7-8,11-12,15,25H,6,9-10,13-14H2,1-2H3. The molecule has 0 aliphatic heterocycles. The number of aromatic nitrogens is 5. The van der Waals surface area contributed by atoms with E-state index >= 15 is 0 Å². The zero-order valence-corrected chi connectivity index (χ0v) is 14.8. The molecule has 6 nitrogen and oxygen atoms in total. The molecule has 0 radical (unpaired) electrons. The second kappa shape index (κ2) is 8.07. The van der Waals surface area contributed by atoms with Gasteiger partial charge in [0.05, 0.1) is 13.2 Å². The van der Waals surface area contributed by atoms with Crippen molar-refractivity contribution in [3.05, 3.63) is 54.0 Å². The van der Waals surface area contributed by atoms with E-state index in [2.05, 4.69) is 48.3 Å². The van der Waals surface area contributed by atoms with E-state index in [1.54, 1.807) is 10.9 Å². The first kappa shape index (κ1) is 17.4. The van der Waals surface area contributed by atoms with Gasteiger partial charge in [-0.1, -0.05) is 30.3 Å². The summed E-state index contributed by atoms with van der Waals surface area (Å²) >= 11 is 0. The maximum Gasteiger partial charge on any atom is 0.176 e. The third-order valence-corrected chi connectivity index (χ3v) is 4.12. The third-order valence-electron chi connectivity index (χ3n) is 4.12. The second-order valence-electron chi connectivity index (χ2n) is 6.39. The first-order chi connectivity index (χ1) is 12.2. The minimum Gasteiger partial charge on any atom is -0.394 e. The van der Waals surface area contributed by atoms with Gasteiger partial charge in [-0.3, -0.25) is 4.68 Å². The molecule has 0 bridgehead atoms. The first-order valence-electron chi connectivity index (χ1n) is 8.81. The predicted molar refractivity (Wildman–Crippen MR) is 97.2 cm³/mol. The molecular weight excluding hydrogens is 314 g/mol. The maximum atomic E-state index is 9.34. The van der Waals surface area contributed by atoms with Crippen LogP contribution in [0.2, 0.25) is 0 Å². The largest absolute Gasteiger partial charge is 0.394 e. The van der Waals surface area contributed by atoms with E-state index in [1.807, 2.05) is 16.8 Å². The van der Waals surface area contributed by atoms with Gasteiger partial charge in [-0.05, 0) is 38.3 Å². The molecule has 0 amide bonds. The Morgan fingerprint density at radius 3 is 2.60 bits per heavy atom. The number of aliphatic hydroxyl groups excluding tert-OH is 1. The minimum absolute atomic E-state index is 0.0373. The van der Waals surface area contributed by atoms with Gasteiger partial charge in [-0.15, -0.1) is 0 Å². The molecule has 0 aliphatic carbocycles. The summed E-state index contributed by atoms with van der Waals surface area (Å²) in [5.74, 6) is 1.59. The van der Waals surface area contributed by atoms with Crippen molar-refractivity contribution >= 4 is 0 Å². The molecule has 0 saturated carbocycles. The molecule has 0 atom stereocenters. The lowest BCUT2D eigenvalue weighted by molar-refractivity contribution is 0.269. The molecule has 0 unspecified atom stereocenters. The van der Waals surface area contributed by atoms with Crippen molar-refractivity contribution in [3.63, 3.8) is 0 Å². The minimum atomic E-state index is 0.0373. The van der Waals surface area contributed by atoms with Crippen molar-refractivity contribution in [1.82, 2.24) is 24.5 Å². The highest BCUT2D eigenvalue weighted by molar-refractivity contribution is 5.49. The van der Waals surface area contributed by atoms with Crippen LogP contribution < -0.4 is 0 Å². The lowest BCUT2D eigenvalue weighted by atomic mass is 10.1. The van der Waals surface area contributed by atoms with E-state index in [0.29, 0.717) is 6.54 Å². The summed E-state index contributed by atoms with van der Waals surface area (Å²) in [4.78, 5) is 4.73. The Kier molecular flexibility index (Phi) is 5.60. The van der Waals surface area contributed by atoms with E-state index in [9.17, 15) is 5.11 Å². The molecule has 25 heavy (non-hydrogen) atoms. The molecule has 2 heterocycles. The second-order valence-corrected chi connectivity index (χ2v) is 6.39. The normalized spacial score (nSPS) is 11.4. The number of rotatable bonds is 8. The van der Waals surface area contributed by atoms with Crippen molar-refractivity contribution in [2.75, 3.05) is 6.61 Å². The van der Waals surface area contributed by atoms with Gasteiger partial charge in [0, 0.05) is 18.7 Å². The molecule has 0 aliphatic rings. The average molecular weight is 339 g/mol. The Labute approximate surface area is 148 Å². The average Bonchev–Trinajstić information content (AvgIpc) is 3.23. The van der Waals surface area contributed by atoms with Crippen molar-refractivity contribution in [3.8, 4) is 11.5 Å². The van der Waals surface area contributed by atoms with Crippen LogP contribution in [0.3, 0.4) is 0 Å². The molecule has 2 aromatic heterocycles. The van der Waals surface area contributed by atoms with Crippen molar-refractivity contribution < 1.29 is 5.11 Å². The Morgan fingerprint density at radius 2 is 1.88 bits per heavy atom. The molecule has 1 aromatic carbocycles. The fraction of sp³-hybridized carbons (Fsp3) is 0.421. The summed E-state index contributed by atoms with van der Waals surface area (Å²) in [6.45, 7) is 4.65. The van der Waals surface area contributed by atoms with Gasteiger partial charge in [0.2, 0.25) is 0 Å². The van der Waals surface area contributed by atoms with E-state index in [-0.39, 0.29) is 12.6 Å². The zero-order valence-electron chi connectivity index (χ0n) is 14.8. The molecule has 3 rings (SSSR count). The van der Waals surface area contributed by atoms with Gasteiger partial charge in [-0.25, -0.2) is 9.67 Å². The molecule has 3 aromatic rings. The summed E-state index contributed by atoms with van der Waals surface area (Å²) < 4.78 is 3.72. The van der Waals surface area contributed by atoms with Crippen LogP contribution in [0.4, 0.5) is 0 Å². The van der Waals surface area contributed by atoms with Crippen LogP contribution in [0.25, 0.3) is 11.5 Å². The van der Waals surface area contributed by atoms with Gasteiger partial charge in [-0.2, -0.15) is 10.2 Å². The summed E-state index contributed by atoms with van der Waals surface area (Å²) in [6.07, 6.45) is 4.60. The molecular formula is C19H25N5O.